The first-order valence-electron chi connectivity index (χ1n) is 7.66. The third-order valence-corrected chi connectivity index (χ3v) is 4.92. The molecule has 2 nitrogen and oxygen atoms in total. The smallest absolute Gasteiger partial charge is 0.109 e. The molecule has 1 aromatic heterocycles. The number of fused-ring (bicyclic) bond motifs is 1. The van der Waals surface area contributed by atoms with E-state index < -0.39 is 0 Å². The first-order valence-corrected chi connectivity index (χ1v) is 7.66. The van der Waals surface area contributed by atoms with E-state index in [9.17, 15) is 0 Å². The third kappa shape index (κ3) is 2.18. The Morgan fingerprint density at radius 1 is 1.16 bits per heavy atom. The lowest BCUT2D eigenvalue weighted by Gasteiger charge is -2.34. The van der Waals surface area contributed by atoms with E-state index in [2.05, 4.69) is 49.6 Å². The molecule has 2 heteroatoms. The van der Waals surface area contributed by atoms with Crippen LogP contribution in [0.3, 0.4) is 0 Å². The Balaban J connectivity index is 2.03. The first kappa shape index (κ1) is 12.7. The van der Waals surface area contributed by atoms with Gasteiger partial charge in [-0.2, -0.15) is 0 Å². The number of aryl methyl sites for hydroxylation is 1. The van der Waals surface area contributed by atoms with E-state index >= 15 is 0 Å². The highest BCUT2D eigenvalue weighted by molar-refractivity contribution is 5.76. The summed E-state index contributed by atoms with van der Waals surface area (Å²) in [6, 6.07) is 9.23. The standard InChI is InChI=1S/C17H24N2/c1-4-17-18-15-7-5-6-8-16(15)19(17)14-10-9-12(2)13(3)11-14/h5-8,12-14H,4,9-11H2,1-3H3. The van der Waals surface area contributed by atoms with E-state index in [0.29, 0.717) is 6.04 Å². The predicted molar refractivity (Wildman–Crippen MR) is 80.3 cm³/mol. The van der Waals surface area contributed by atoms with Crippen LogP contribution in [0.1, 0.15) is 51.9 Å². The lowest BCUT2D eigenvalue weighted by molar-refractivity contribution is 0.211. The Kier molecular flexibility index (Phi) is 3.34. The molecule has 0 radical (unpaired) electrons. The molecule has 1 aliphatic carbocycles. The molecular weight excluding hydrogens is 232 g/mol. The molecule has 1 heterocycles. The minimum Gasteiger partial charge on any atom is -0.325 e. The van der Waals surface area contributed by atoms with Crippen molar-refractivity contribution in [2.45, 2.75) is 52.5 Å². The quantitative estimate of drug-likeness (QED) is 0.768. The zero-order valence-corrected chi connectivity index (χ0v) is 12.3. The summed E-state index contributed by atoms with van der Waals surface area (Å²) in [5, 5.41) is 0. The van der Waals surface area contributed by atoms with E-state index in [1.54, 1.807) is 0 Å². The molecular formula is C17H24N2. The second-order valence-electron chi connectivity index (χ2n) is 6.16. The van der Waals surface area contributed by atoms with Crippen LogP contribution in [0.15, 0.2) is 24.3 Å². The Morgan fingerprint density at radius 2 is 1.95 bits per heavy atom. The Labute approximate surface area is 115 Å². The van der Waals surface area contributed by atoms with E-state index in [4.69, 9.17) is 4.98 Å². The summed E-state index contributed by atoms with van der Waals surface area (Å²) in [5.41, 5.74) is 2.48. The molecule has 19 heavy (non-hydrogen) atoms. The molecule has 1 aliphatic rings. The molecule has 1 saturated carbocycles. The summed E-state index contributed by atoms with van der Waals surface area (Å²) in [5.74, 6) is 2.95. The lowest BCUT2D eigenvalue weighted by atomic mass is 9.79. The van der Waals surface area contributed by atoms with Crippen LogP contribution in [0.5, 0.6) is 0 Å². The van der Waals surface area contributed by atoms with Gasteiger partial charge in [0.05, 0.1) is 11.0 Å². The highest BCUT2D eigenvalue weighted by Crippen LogP contribution is 2.38. The van der Waals surface area contributed by atoms with Crippen molar-refractivity contribution >= 4 is 11.0 Å². The number of hydrogen-bond donors (Lipinski definition) is 0. The van der Waals surface area contributed by atoms with Crippen molar-refractivity contribution in [1.29, 1.82) is 0 Å². The zero-order valence-electron chi connectivity index (χ0n) is 12.3. The molecule has 3 rings (SSSR count). The Morgan fingerprint density at radius 3 is 2.68 bits per heavy atom. The van der Waals surface area contributed by atoms with Gasteiger partial charge in [0.2, 0.25) is 0 Å². The van der Waals surface area contributed by atoms with Gasteiger partial charge in [-0.25, -0.2) is 4.98 Å². The van der Waals surface area contributed by atoms with Crippen molar-refractivity contribution in [1.82, 2.24) is 9.55 Å². The van der Waals surface area contributed by atoms with E-state index in [1.807, 2.05) is 0 Å². The Hall–Kier alpha value is -1.31. The highest BCUT2D eigenvalue weighted by atomic mass is 15.1. The number of rotatable bonds is 2. The topological polar surface area (TPSA) is 17.8 Å². The van der Waals surface area contributed by atoms with Crippen LogP contribution in [0.4, 0.5) is 0 Å². The summed E-state index contributed by atoms with van der Waals surface area (Å²) in [7, 11) is 0. The third-order valence-electron chi connectivity index (χ3n) is 4.92. The molecule has 0 bridgehead atoms. The number of nitrogens with zero attached hydrogens (tertiary/aromatic N) is 2. The van der Waals surface area contributed by atoms with Gasteiger partial charge in [0.15, 0.2) is 0 Å². The fourth-order valence-electron chi connectivity index (χ4n) is 3.50. The Bertz CT molecular complexity index is 570. The minimum absolute atomic E-state index is 0.647. The van der Waals surface area contributed by atoms with Crippen LogP contribution in [0.25, 0.3) is 11.0 Å². The molecule has 0 aliphatic heterocycles. The van der Waals surface area contributed by atoms with Crippen LogP contribution in [-0.2, 0) is 6.42 Å². The number of para-hydroxylation sites is 2. The van der Waals surface area contributed by atoms with Gasteiger partial charge in [0.25, 0.3) is 0 Å². The summed E-state index contributed by atoms with van der Waals surface area (Å²) >= 11 is 0. The summed E-state index contributed by atoms with van der Waals surface area (Å²) in [6.45, 7) is 7.02. The van der Waals surface area contributed by atoms with Crippen LogP contribution >= 0.6 is 0 Å². The largest absolute Gasteiger partial charge is 0.325 e. The van der Waals surface area contributed by atoms with Gasteiger partial charge < -0.3 is 4.57 Å². The second-order valence-corrected chi connectivity index (χ2v) is 6.16. The number of aromatic nitrogens is 2. The summed E-state index contributed by atoms with van der Waals surface area (Å²) in [4.78, 5) is 4.81. The van der Waals surface area contributed by atoms with Gasteiger partial charge in [0, 0.05) is 12.5 Å². The average molecular weight is 256 g/mol. The number of benzene rings is 1. The van der Waals surface area contributed by atoms with Gasteiger partial charge >= 0.3 is 0 Å². The molecule has 0 saturated heterocycles. The molecule has 0 amide bonds. The molecule has 1 aromatic carbocycles. The van der Waals surface area contributed by atoms with Crippen LogP contribution in [0, 0.1) is 11.8 Å². The van der Waals surface area contributed by atoms with Crippen LogP contribution < -0.4 is 0 Å². The highest BCUT2D eigenvalue weighted by Gasteiger charge is 2.27. The molecule has 102 valence electrons. The van der Waals surface area contributed by atoms with Crippen molar-refractivity contribution < 1.29 is 0 Å². The monoisotopic (exact) mass is 256 g/mol. The number of imidazole rings is 1. The molecule has 2 aromatic rings. The normalized spacial score (nSPS) is 27.8. The van der Waals surface area contributed by atoms with E-state index in [1.165, 1.54) is 30.6 Å². The molecule has 0 N–H and O–H groups in total. The van der Waals surface area contributed by atoms with Crippen LogP contribution in [-0.4, -0.2) is 9.55 Å². The van der Waals surface area contributed by atoms with Crippen molar-refractivity contribution in [3.8, 4) is 0 Å². The van der Waals surface area contributed by atoms with Gasteiger partial charge in [-0.05, 0) is 43.2 Å². The fourth-order valence-corrected chi connectivity index (χ4v) is 3.50. The maximum absolute atomic E-state index is 4.81. The van der Waals surface area contributed by atoms with Crippen molar-refractivity contribution in [3.05, 3.63) is 30.1 Å². The van der Waals surface area contributed by atoms with Gasteiger partial charge in [0.1, 0.15) is 5.82 Å². The minimum atomic E-state index is 0.647. The lowest BCUT2D eigenvalue weighted by Crippen LogP contribution is -2.24. The van der Waals surface area contributed by atoms with Gasteiger partial charge in [-0.15, -0.1) is 0 Å². The predicted octanol–water partition coefficient (Wildman–Crippen LogP) is 4.60. The molecule has 1 fully saturated rings. The van der Waals surface area contributed by atoms with Crippen molar-refractivity contribution in [3.63, 3.8) is 0 Å². The van der Waals surface area contributed by atoms with E-state index in [0.717, 1.165) is 23.8 Å². The van der Waals surface area contributed by atoms with E-state index in [-0.39, 0.29) is 0 Å². The van der Waals surface area contributed by atoms with Crippen molar-refractivity contribution in [2.24, 2.45) is 11.8 Å². The van der Waals surface area contributed by atoms with Gasteiger partial charge in [-0.1, -0.05) is 32.9 Å². The average Bonchev–Trinajstić information content (AvgIpc) is 2.80. The van der Waals surface area contributed by atoms with Crippen molar-refractivity contribution in [2.75, 3.05) is 0 Å². The molecule has 3 unspecified atom stereocenters. The maximum atomic E-state index is 4.81. The second kappa shape index (κ2) is 4.99. The fraction of sp³-hybridized carbons (Fsp3) is 0.588. The zero-order chi connectivity index (χ0) is 13.4. The molecule has 3 atom stereocenters. The first-order chi connectivity index (χ1) is 9.20. The summed E-state index contributed by atoms with van der Waals surface area (Å²) in [6.07, 6.45) is 4.98. The van der Waals surface area contributed by atoms with Crippen LogP contribution in [0.2, 0.25) is 0 Å². The SMILES string of the molecule is CCc1nc2ccccc2n1C1CCC(C)C(C)C1. The summed E-state index contributed by atoms with van der Waals surface area (Å²) < 4.78 is 2.53. The maximum Gasteiger partial charge on any atom is 0.109 e. The molecule has 0 spiro atoms. The number of hydrogen-bond acceptors (Lipinski definition) is 1. The van der Waals surface area contributed by atoms with Gasteiger partial charge in [-0.3, -0.25) is 0 Å².